The molecule has 1 aromatic carbocycles. The zero-order valence-corrected chi connectivity index (χ0v) is 14.1. The number of halogens is 1. The summed E-state index contributed by atoms with van der Waals surface area (Å²) in [5.74, 6) is 0. The lowest BCUT2D eigenvalue weighted by Gasteiger charge is -2.26. The molecule has 4 nitrogen and oxygen atoms in total. The van der Waals surface area contributed by atoms with Gasteiger partial charge in [-0.25, -0.2) is 9.78 Å². The summed E-state index contributed by atoms with van der Waals surface area (Å²) < 4.78 is 5.42. The molecule has 0 spiro atoms. The van der Waals surface area contributed by atoms with Gasteiger partial charge in [0.1, 0.15) is 10.8 Å². The Bertz CT molecular complexity index is 680. The number of rotatable bonds is 3. The van der Waals surface area contributed by atoms with E-state index in [4.69, 9.17) is 16.3 Å². The van der Waals surface area contributed by atoms with E-state index in [9.17, 15) is 4.79 Å². The van der Waals surface area contributed by atoms with Crippen LogP contribution in [0.5, 0.6) is 0 Å². The van der Waals surface area contributed by atoms with Gasteiger partial charge in [0.05, 0.1) is 5.52 Å². The van der Waals surface area contributed by atoms with Crippen LogP contribution in [0.2, 0.25) is 5.15 Å². The molecule has 0 saturated heterocycles. The molecule has 0 aliphatic heterocycles. The number of fused-ring (bicyclic) bond motifs is 1. The molecule has 0 aliphatic rings. The van der Waals surface area contributed by atoms with E-state index in [-0.39, 0.29) is 6.09 Å². The van der Waals surface area contributed by atoms with Crippen molar-refractivity contribution in [1.29, 1.82) is 0 Å². The Morgan fingerprint density at radius 1 is 1.27 bits per heavy atom. The van der Waals surface area contributed by atoms with Gasteiger partial charge in [0.15, 0.2) is 0 Å². The number of nitrogens with zero attached hydrogens (tertiary/aromatic N) is 2. The Kier molecular flexibility index (Phi) is 4.91. The van der Waals surface area contributed by atoms with Gasteiger partial charge >= 0.3 is 6.09 Å². The predicted octanol–water partition coefficient (Wildman–Crippen LogP) is 4.65. The van der Waals surface area contributed by atoms with Crippen LogP contribution in [0.1, 0.15) is 33.3 Å². The number of hydrogen-bond donors (Lipinski definition) is 0. The van der Waals surface area contributed by atoms with E-state index in [1.165, 1.54) is 0 Å². The van der Waals surface area contributed by atoms with Gasteiger partial charge < -0.3 is 9.64 Å². The lowest BCUT2D eigenvalue weighted by atomic mass is 10.1. The van der Waals surface area contributed by atoms with Gasteiger partial charge in [-0.2, -0.15) is 0 Å². The molecule has 0 aliphatic carbocycles. The third kappa shape index (κ3) is 4.34. The number of aromatic nitrogens is 1. The molecule has 0 radical (unpaired) electrons. The number of pyridine rings is 1. The summed E-state index contributed by atoms with van der Waals surface area (Å²) in [6, 6.07) is 9.62. The van der Waals surface area contributed by atoms with E-state index in [2.05, 4.69) is 4.98 Å². The highest BCUT2D eigenvalue weighted by Crippen LogP contribution is 2.19. The Morgan fingerprint density at radius 2 is 1.95 bits per heavy atom. The highest BCUT2D eigenvalue weighted by Gasteiger charge is 2.21. The van der Waals surface area contributed by atoms with Crippen molar-refractivity contribution in [1.82, 2.24) is 9.88 Å². The topological polar surface area (TPSA) is 42.4 Å². The highest BCUT2D eigenvalue weighted by atomic mass is 35.5. The molecule has 0 N–H and O–H groups in total. The van der Waals surface area contributed by atoms with E-state index in [1.807, 2.05) is 52.0 Å². The van der Waals surface area contributed by atoms with Gasteiger partial charge in [-0.1, -0.05) is 23.7 Å². The van der Waals surface area contributed by atoms with Gasteiger partial charge in [0.25, 0.3) is 0 Å². The van der Waals surface area contributed by atoms with Crippen molar-refractivity contribution in [3.63, 3.8) is 0 Å². The quantitative estimate of drug-likeness (QED) is 0.773. The maximum atomic E-state index is 12.2. The molecular weight excluding hydrogens is 300 g/mol. The Balaban J connectivity index is 2.18. The molecule has 1 amide bonds. The van der Waals surface area contributed by atoms with Crippen molar-refractivity contribution >= 4 is 28.6 Å². The molecule has 2 aromatic rings. The van der Waals surface area contributed by atoms with Gasteiger partial charge in [-0.3, -0.25) is 0 Å². The zero-order valence-electron chi connectivity index (χ0n) is 13.4. The van der Waals surface area contributed by atoms with E-state index in [0.29, 0.717) is 18.2 Å². The van der Waals surface area contributed by atoms with E-state index >= 15 is 0 Å². The molecule has 1 heterocycles. The van der Waals surface area contributed by atoms with Crippen LogP contribution in [-0.2, 0) is 11.3 Å². The molecule has 0 saturated carbocycles. The number of ether oxygens (including phenoxy) is 1. The molecule has 118 valence electrons. The van der Waals surface area contributed by atoms with Crippen LogP contribution in [0.3, 0.4) is 0 Å². The van der Waals surface area contributed by atoms with Crippen molar-refractivity contribution in [2.45, 2.75) is 39.8 Å². The van der Waals surface area contributed by atoms with Crippen LogP contribution < -0.4 is 0 Å². The minimum Gasteiger partial charge on any atom is -0.444 e. The first kappa shape index (κ1) is 16.6. The van der Waals surface area contributed by atoms with E-state index in [1.54, 1.807) is 11.0 Å². The van der Waals surface area contributed by atoms with Crippen LogP contribution in [-0.4, -0.2) is 28.1 Å². The summed E-state index contributed by atoms with van der Waals surface area (Å²) in [6.45, 7) is 8.58. The molecule has 0 atom stereocenters. The Labute approximate surface area is 136 Å². The van der Waals surface area contributed by atoms with E-state index < -0.39 is 5.60 Å². The summed E-state index contributed by atoms with van der Waals surface area (Å²) in [5.41, 5.74) is 1.32. The van der Waals surface area contributed by atoms with Gasteiger partial charge in [0, 0.05) is 18.5 Å². The third-order valence-corrected chi connectivity index (χ3v) is 3.34. The highest BCUT2D eigenvalue weighted by molar-refractivity contribution is 6.29. The second kappa shape index (κ2) is 6.53. The first-order valence-corrected chi connectivity index (χ1v) is 7.69. The Morgan fingerprint density at radius 3 is 2.59 bits per heavy atom. The fraction of sp³-hybridized carbons (Fsp3) is 0.412. The molecule has 1 aromatic heterocycles. The van der Waals surface area contributed by atoms with Gasteiger partial charge in [0.2, 0.25) is 0 Å². The second-order valence-corrected chi connectivity index (χ2v) is 6.54. The van der Waals surface area contributed by atoms with Gasteiger partial charge in [-0.05, 0) is 51.5 Å². The first-order chi connectivity index (χ1) is 10.3. The molecule has 5 heteroatoms. The molecular formula is C17H21ClN2O2. The maximum Gasteiger partial charge on any atom is 0.410 e. The summed E-state index contributed by atoms with van der Waals surface area (Å²) >= 11 is 5.93. The standard InChI is InChI=1S/C17H21ClN2O2/c1-5-20(16(21)22-17(2,3)4)11-12-6-7-13-8-9-15(18)19-14(13)10-12/h6-10H,5,11H2,1-4H3. The normalized spacial score (nSPS) is 11.5. The lowest BCUT2D eigenvalue weighted by molar-refractivity contribution is 0.0244. The summed E-state index contributed by atoms with van der Waals surface area (Å²) in [6.07, 6.45) is -0.311. The summed E-state index contributed by atoms with van der Waals surface area (Å²) in [5, 5.41) is 1.48. The lowest BCUT2D eigenvalue weighted by Crippen LogP contribution is -2.36. The molecule has 0 bridgehead atoms. The van der Waals surface area contributed by atoms with Crippen molar-refractivity contribution < 1.29 is 9.53 Å². The minimum atomic E-state index is -0.497. The average molecular weight is 321 g/mol. The monoisotopic (exact) mass is 320 g/mol. The predicted molar refractivity (Wildman–Crippen MR) is 89.1 cm³/mol. The molecule has 0 unspecified atom stereocenters. The van der Waals surface area contributed by atoms with Crippen LogP contribution >= 0.6 is 11.6 Å². The number of benzene rings is 1. The summed E-state index contributed by atoms with van der Waals surface area (Å²) in [4.78, 5) is 18.1. The fourth-order valence-corrected chi connectivity index (χ4v) is 2.24. The number of amides is 1. The van der Waals surface area contributed by atoms with Crippen LogP contribution in [0.25, 0.3) is 10.9 Å². The average Bonchev–Trinajstić information content (AvgIpc) is 2.42. The van der Waals surface area contributed by atoms with Crippen molar-refractivity contribution in [2.75, 3.05) is 6.54 Å². The molecule has 2 rings (SSSR count). The van der Waals surface area contributed by atoms with Gasteiger partial charge in [-0.15, -0.1) is 0 Å². The van der Waals surface area contributed by atoms with Crippen molar-refractivity contribution in [3.8, 4) is 0 Å². The maximum absolute atomic E-state index is 12.2. The molecule has 0 fully saturated rings. The van der Waals surface area contributed by atoms with Crippen LogP contribution in [0.4, 0.5) is 4.79 Å². The number of hydrogen-bond acceptors (Lipinski definition) is 3. The minimum absolute atomic E-state index is 0.311. The largest absolute Gasteiger partial charge is 0.444 e. The van der Waals surface area contributed by atoms with Crippen LogP contribution in [0.15, 0.2) is 30.3 Å². The van der Waals surface area contributed by atoms with Crippen molar-refractivity contribution in [2.24, 2.45) is 0 Å². The van der Waals surface area contributed by atoms with E-state index in [0.717, 1.165) is 16.5 Å². The number of carbonyl (C=O) groups excluding carboxylic acids is 1. The Hall–Kier alpha value is -1.81. The van der Waals surface area contributed by atoms with Crippen molar-refractivity contribution in [3.05, 3.63) is 41.0 Å². The fourth-order valence-electron chi connectivity index (χ4n) is 2.09. The second-order valence-electron chi connectivity index (χ2n) is 6.16. The summed E-state index contributed by atoms with van der Waals surface area (Å²) in [7, 11) is 0. The van der Waals surface area contributed by atoms with Crippen LogP contribution in [0, 0.1) is 0 Å². The number of carbonyl (C=O) groups is 1. The molecule has 22 heavy (non-hydrogen) atoms. The smallest absolute Gasteiger partial charge is 0.410 e. The SMILES string of the molecule is CCN(Cc1ccc2ccc(Cl)nc2c1)C(=O)OC(C)(C)C. The first-order valence-electron chi connectivity index (χ1n) is 7.31. The zero-order chi connectivity index (χ0) is 16.3. The third-order valence-electron chi connectivity index (χ3n) is 3.13.